The van der Waals surface area contributed by atoms with Crippen LogP contribution in [0.3, 0.4) is 0 Å². The van der Waals surface area contributed by atoms with Gasteiger partial charge in [0.05, 0.1) is 24.3 Å². The first-order valence-corrected chi connectivity index (χ1v) is 5.80. The third kappa shape index (κ3) is 2.60. The van der Waals surface area contributed by atoms with E-state index in [1.54, 1.807) is 6.92 Å². The second-order valence-corrected chi connectivity index (χ2v) is 4.42. The number of fused-ring (bicyclic) bond motifs is 1. The van der Waals surface area contributed by atoms with Crippen molar-refractivity contribution in [3.05, 3.63) is 22.7 Å². The fourth-order valence-electron chi connectivity index (χ4n) is 1.74. The maximum absolute atomic E-state index is 9.34. The van der Waals surface area contributed by atoms with Gasteiger partial charge in [-0.1, -0.05) is 11.6 Å². The SMILES string of the molecule is C[C@H](O)Cc1cc(Cl)c2c(c1)OCCCO2. The molecule has 0 aliphatic carbocycles. The Bertz CT molecular complexity index is 377. The van der Waals surface area contributed by atoms with Crippen LogP contribution in [0.1, 0.15) is 18.9 Å². The quantitative estimate of drug-likeness (QED) is 0.866. The molecule has 0 unspecified atom stereocenters. The molecule has 2 rings (SSSR count). The van der Waals surface area contributed by atoms with E-state index in [1.807, 2.05) is 12.1 Å². The van der Waals surface area contributed by atoms with E-state index in [1.165, 1.54) is 0 Å². The van der Waals surface area contributed by atoms with Gasteiger partial charge in [-0.05, 0) is 31.0 Å². The lowest BCUT2D eigenvalue weighted by Crippen LogP contribution is -2.04. The van der Waals surface area contributed by atoms with Crippen molar-refractivity contribution >= 4 is 11.6 Å². The number of aliphatic hydroxyl groups excluding tert-OH is 1. The lowest BCUT2D eigenvalue weighted by Gasteiger charge is -2.12. The number of aliphatic hydroxyl groups is 1. The molecule has 88 valence electrons. The van der Waals surface area contributed by atoms with E-state index in [4.69, 9.17) is 21.1 Å². The van der Waals surface area contributed by atoms with Gasteiger partial charge in [0.1, 0.15) is 0 Å². The summed E-state index contributed by atoms with van der Waals surface area (Å²) in [7, 11) is 0. The Morgan fingerprint density at radius 1 is 1.38 bits per heavy atom. The van der Waals surface area contributed by atoms with E-state index in [0.29, 0.717) is 36.2 Å². The van der Waals surface area contributed by atoms with Gasteiger partial charge in [0, 0.05) is 6.42 Å². The molecular weight excluding hydrogens is 228 g/mol. The highest BCUT2D eigenvalue weighted by Gasteiger charge is 2.15. The predicted octanol–water partition coefficient (Wildman–Crippen LogP) is 2.42. The number of benzene rings is 1. The summed E-state index contributed by atoms with van der Waals surface area (Å²) in [4.78, 5) is 0. The van der Waals surface area contributed by atoms with Gasteiger partial charge in [0.2, 0.25) is 0 Å². The van der Waals surface area contributed by atoms with Crippen LogP contribution in [-0.4, -0.2) is 24.4 Å². The zero-order valence-electron chi connectivity index (χ0n) is 9.20. The van der Waals surface area contributed by atoms with Crippen LogP contribution in [0.25, 0.3) is 0 Å². The van der Waals surface area contributed by atoms with Crippen molar-refractivity contribution in [1.82, 2.24) is 0 Å². The summed E-state index contributed by atoms with van der Waals surface area (Å²) in [5.41, 5.74) is 0.962. The molecule has 1 N–H and O–H groups in total. The maximum atomic E-state index is 9.34. The summed E-state index contributed by atoms with van der Waals surface area (Å²) >= 11 is 6.12. The Morgan fingerprint density at radius 3 is 2.88 bits per heavy atom. The number of ether oxygens (including phenoxy) is 2. The Morgan fingerprint density at radius 2 is 2.12 bits per heavy atom. The normalized spacial score (nSPS) is 16.7. The van der Waals surface area contributed by atoms with Crippen LogP contribution in [-0.2, 0) is 6.42 Å². The molecule has 0 saturated carbocycles. The van der Waals surface area contributed by atoms with Gasteiger partial charge in [-0.15, -0.1) is 0 Å². The van der Waals surface area contributed by atoms with Crippen LogP contribution in [0.2, 0.25) is 5.02 Å². The zero-order chi connectivity index (χ0) is 11.5. The van der Waals surface area contributed by atoms with Gasteiger partial charge in [0.25, 0.3) is 0 Å². The van der Waals surface area contributed by atoms with Gasteiger partial charge >= 0.3 is 0 Å². The van der Waals surface area contributed by atoms with Crippen molar-refractivity contribution < 1.29 is 14.6 Å². The molecule has 0 amide bonds. The summed E-state index contributed by atoms with van der Waals surface area (Å²) in [5.74, 6) is 1.30. The largest absolute Gasteiger partial charge is 0.489 e. The van der Waals surface area contributed by atoms with Crippen molar-refractivity contribution in [2.45, 2.75) is 25.9 Å². The number of hydrogen-bond donors (Lipinski definition) is 1. The predicted molar refractivity (Wildman–Crippen MR) is 62.4 cm³/mol. The van der Waals surface area contributed by atoms with Crippen molar-refractivity contribution in [3.63, 3.8) is 0 Å². The van der Waals surface area contributed by atoms with Crippen LogP contribution < -0.4 is 9.47 Å². The third-order valence-electron chi connectivity index (χ3n) is 2.39. The van der Waals surface area contributed by atoms with Crippen LogP contribution in [0, 0.1) is 0 Å². The molecule has 0 saturated heterocycles. The maximum Gasteiger partial charge on any atom is 0.179 e. The summed E-state index contributed by atoms with van der Waals surface area (Å²) in [6.07, 6.45) is 1.04. The average molecular weight is 243 g/mol. The third-order valence-corrected chi connectivity index (χ3v) is 2.67. The summed E-state index contributed by atoms with van der Waals surface area (Å²) in [6, 6.07) is 3.71. The van der Waals surface area contributed by atoms with Crippen molar-refractivity contribution in [3.8, 4) is 11.5 Å². The second kappa shape index (κ2) is 4.93. The minimum absolute atomic E-state index is 0.388. The minimum atomic E-state index is -0.388. The van der Waals surface area contributed by atoms with Gasteiger partial charge in [-0.3, -0.25) is 0 Å². The lowest BCUT2D eigenvalue weighted by molar-refractivity contribution is 0.195. The fraction of sp³-hybridized carbons (Fsp3) is 0.500. The molecule has 0 aromatic heterocycles. The minimum Gasteiger partial charge on any atom is -0.489 e. The zero-order valence-corrected chi connectivity index (χ0v) is 9.96. The molecule has 1 aromatic carbocycles. The van der Waals surface area contributed by atoms with Gasteiger partial charge in [0.15, 0.2) is 11.5 Å². The van der Waals surface area contributed by atoms with Crippen LogP contribution >= 0.6 is 11.6 Å². The summed E-state index contributed by atoms with van der Waals surface area (Å²) < 4.78 is 11.1. The standard InChI is InChI=1S/C12H15ClO3/c1-8(14)5-9-6-10(13)12-11(7-9)15-3-2-4-16-12/h6-8,14H,2-5H2,1H3/t8-/m0/s1. The van der Waals surface area contributed by atoms with Crippen LogP contribution in [0.4, 0.5) is 0 Å². The second-order valence-electron chi connectivity index (χ2n) is 4.01. The first kappa shape index (κ1) is 11.6. The molecule has 0 bridgehead atoms. The Kier molecular flexibility index (Phi) is 3.56. The highest BCUT2D eigenvalue weighted by molar-refractivity contribution is 6.32. The van der Waals surface area contributed by atoms with E-state index < -0.39 is 0 Å². The van der Waals surface area contributed by atoms with Crippen molar-refractivity contribution in [1.29, 1.82) is 0 Å². The first-order valence-electron chi connectivity index (χ1n) is 5.43. The number of hydrogen-bond acceptors (Lipinski definition) is 3. The lowest BCUT2D eigenvalue weighted by atomic mass is 10.1. The fourth-order valence-corrected chi connectivity index (χ4v) is 2.03. The number of halogens is 1. The van der Waals surface area contributed by atoms with Gasteiger partial charge < -0.3 is 14.6 Å². The van der Waals surface area contributed by atoms with E-state index in [9.17, 15) is 5.11 Å². The van der Waals surface area contributed by atoms with E-state index in [2.05, 4.69) is 0 Å². The van der Waals surface area contributed by atoms with E-state index >= 15 is 0 Å². The highest BCUT2D eigenvalue weighted by Crippen LogP contribution is 2.38. The Hall–Kier alpha value is -0.930. The van der Waals surface area contributed by atoms with Gasteiger partial charge in [-0.2, -0.15) is 0 Å². The molecule has 1 atom stereocenters. The number of rotatable bonds is 2. The van der Waals surface area contributed by atoms with Crippen molar-refractivity contribution in [2.24, 2.45) is 0 Å². The Labute approximate surface area is 99.9 Å². The molecule has 1 aliphatic heterocycles. The van der Waals surface area contributed by atoms with E-state index in [-0.39, 0.29) is 6.10 Å². The molecule has 3 nitrogen and oxygen atoms in total. The Balaban J connectivity index is 2.32. The molecule has 0 fully saturated rings. The topological polar surface area (TPSA) is 38.7 Å². The molecule has 1 heterocycles. The molecule has 16 heavy (non-hydrogen) atoms. The first-order chi connectivity index (χ1) is 7.66. The summed E-state index contributed by atoms with van der Waals surface area (Å²) in [6.45, 7) is 3.01. The smallest absolute Gasteiger partial charge is 0.179 e. The van der Waals surface area contributed by atoms with Crippen LogP contribution in [0.5, 0.6) is 11.5 Å². The highest BCUT2D eigenvalue weighted by atomic mass is 35.5. The van der Waals surface area contributed by atoms with Crippen molar-refractivity contribution in [2.75, 3.05) is 13.2 Å². The molecule has 0 radical (unpaired) electrons. The molecule has 4 heteroatoms. The molecule has 1 aliphatic rings. The summed E-state index contributed by atoms with van der Waals surface area (Å²) in [5, 5.41) is 9.89. The van der Waals surface area contributed by atoms with E-state index in [0.717, 1.165) is 12.0 Å². The molecular formula is C12H15ClO3. The molecule has 1 aromatic rings. The average Bonchev–Trinajstić information content (AvgIpc) is 2.41. The van der Waals surface area contributed by atoms with Gasteiger partial charge in [-0.25, -0.2) is 0 Å². The van der Waals surface area contributed by atoms with Crippen LogP contribution in [0.15, 0.2) is 12.1 Å². The molecule has 0 spiro atoms. The monoisotopic (exact) mass is 242 g/mol.